The Balaban J connectivity index is 1.52. The number of hydrogen-bond donors (Lipinski definition) is 0. The van der Waals surface area contributed by atoms with Crippen LogP contribution in [0.1, 0.15) is 30.5 Å². The van der Waals surface area contributed by atoms with Crippen molar-refractivity contribution in [1.29, 1.82) is 0 Å². The lowest BCUT2D eigenvalue weighted by Gasteiger charge is -2.18. The standard InChI is InChI=1S/C33H25F5N2O3/c1-4-9-21-14-19(15-24-18(3)39-40(33(24)41)31-29(37)27(35)26(34)28(36)30(31)38)16-25(42-5-2)32(21)43-17-22-12-8-11-20-10-6-7-13-23(20)22/h4,6-8,10-16H,1,5,9,17H2,2-3H3/b24-15+. The van der Waals surface area contributed by atoms with Crippen LogP contribution < -0.4 is 14.5 Å². The van der Waals surface area contributed by atoms with Gasteiger partial charge in [0.25, 0.3) is 5.91 Å². The second-order valence-corrected chi connectivity index (χ2v) is 9.64. The molecule has 0 saturated heterocycles. The number of allylic oxidation sites excluding steroid dienone is 1. The van der Waals surface area contributed by atoms with E-state index in [1.54, 1.807) is 25.1 Å². The first kappa shape index (κ1) is 29.5. The molecule has 4 aromatic rings. The van der Waals surface area contributed by atoms with Crippen LogP contribution in [0.4, 0.5) is 27.6 Å². The summed E-state index contributed by atoms with van der Waals surface area (Å²) < 4.78 is 82.4. The fraction of sp³-hybridized carbons (Fsp3) is 0.152. The van der Waals surface area contributed by atoms with E-state index in [9.17, 15) is 26.7 Å². The lowest BCUT2D eigenvalue weighted by atomic mass is 10.0. The molecule has 43 heavy (non-hydrogen) atoms. The summed E-state index contributed by atoms with van der Waals surface area (Å²) in [5.41, 5.74) is 0.546. The highest BCUT2D eigenvalue weighted by atomic mass is 19.2. The lowest BCUT2D eigenvalue weighted by molar-refractivity contribution is -0.114. The number of rotatable bonds is 9. The number of hydrazone groups is 1. The van der Waals surface area contributed by atoms with Crippen molar-refractivity contribution in [1.82, 2.24) is 0 Å². The second kappa shape index (κ2) is 12.1. The van der Waals surface area contributed by atoms with Crippen LogP contribution in [0, 0.1) is 29.1 Å². The van der Waals surface area contributed by atoms with Crippen LogP contribution in [-0.4, -0.2) is 18.2 Å². The predicted octanol–water partition coefficient (Wildman–Crippen LogP) is 8.05. The summed E-state index contributed by atoms with van der Waals surface area (Å²) in [6, 6.07) is 17.2. The van der Waals surface area contributed by atoms with Crippen LogP contribution >= 0.6 is 0 Å². The SMILES string of the molecule is C=CCc1cc(/C=C2/C(=O)N(c3c(F)c(F)c(F)c(F)c3F)N=C2C)cc(OCC)c1OCc1cccc2ccccc12. The first-order chi connectivity index (χ1) is 20.7. The van der Waals surface area contributed by atoms with Gasteiger partial charge < -0.3 is 9.47 Å². The van der Waals surface area contributed by atoms with E-state index >= 15 is 0 Å². The van der Waals surface area contributed by atoms with Crippen molar-refractivity contribution >= 4 is 34.2 Å². The largest absolute Gasteiger partial charge is 0.490 e. The molecule has 0 bridgehead atoms. The zero-order valence-electron chi connectivity index (χ0n) is 23.2. The topological polar surface area (TPSA) is 51.1 Å². The summed E-state index contributed by atoms with van der Waals surface area (Å²) >= 11 is 0. The number of fused-ring (bicyclic) bond motifs is 1. The molecular formula is C33H25F5N2O3. The Bertz CT molecular complexity index is 1800. The van der Waals surface area contributed by atoms with Crippen molar-refractivity contribution < 1.29 is 36.2 Å². The van der Waals surface area contributed by atoms with Gasteiger partial charge in [-0.25, -0.2) is 22.0 Å². The molecule has 0 fully saturated rings. The van der Waals surface area contributed by atoms with E-state index in [0.29, 0.717) is 35.7 Å². The highest BCUT2D eigenvalue weighted by Crippen LogP contribution is 2.38. The van der Waals surface area contributed by atoms with Gasteiger partial charge in [-0.15, -0.1) is 6.58 Å². The number of hydrogen-bond acceptors (Lipinski definition) is 4. The molecule has 1 aliphatic rings. The molecule has 5 rings (SSSR count). The molecule has 10 heteroatoms. The van der Waals surface area contributed by atoms with Crippen molar-refractivity contribution in [3.63, 3.8) is 0 Å². The van der Waals surface area contributed by atoms with Gasteiger partial charge in [0.1, 0.15) is 12.3 Å². The Morgan fingerprint density at radius 1 is 0.884 bits per heavy atom. The first-order valence-electron chi connectivity index (χ1n) is 13.3. The Hall–Kier alpha value is -4.99. The summed E-state index contributed by atoms with van der Waals surface area (Å²) in [5, 5.41) is 6.09. The molecule has 0 aliphatic carbocycles. The van der Waals surface area contributed by atoms with Crippen molar-refractivity contribution in [3.8, 4) is 11.5 Å². The van der Waals surface area contributed by atoms with Crippen LogP contribution in [0.5, 0.6) is 11.5 Å². The normalized spacial score (nSPS) is 14.0. The third-order valence-electron chi connectivity index (χ3n) is 6.84. The van der Waals surface area contributed by atoms with Gasteiger partial charge >= 0.3 is 0 Å². The molecule has 0 spiro atoms. The molecule has 1 heterocycles. The average Bonchev–Trinajstić information content (AvgIpc) is 3.27. The third-order valence-corrected chi connectivity index (χ3v) is 6.84. The predicted molar refractivity (Wildman–Crippen MR) is 155 cm³/mol. The molecule has 0 unspecified atom stereocenters. The smallest absolute Gasteiger partial charge is 0.280 e. The number of amides is 1. The van der Waals surface area contributed by atoms with Gasteiger partial charge in [-0.2, -0.15) is 10.1 Å². The van der Waals surface area contributed by atoms with Crippen LogP contribution in [0.2, 0.25) is 0 Å². The lowest BCUT2D eigenvalue weighted by Crippen LogP contribution is -2.25. The fourth-order valence-electron chi connectivity index (χ4n) is 4.85. The van der Waals surface area contributed by atoms with Crippen molar-refractivity contribution in [2.45, 2.75) is 26.9 Å². The molecule has 1 aliphatic heterocycles. The van der Waals surface area contributed by atoms with Crippen LogP contribution in [0.3, 0.4) is 0 Å². The zero-order valence-corrected chi connectivity index (χ0v) is 23.2. The molecule has 0 N–H and O–H groups in total. The van der Waals surface area contributed by atoms with Gasteiger partial charge in [-0.3, -0.25) is 4.79 Å². The van der Waals surface area contributed by atoms with E-state index in [2.05, 4.69) is 11.7 Å². The van der Waals surface area contributed by atoms with Gasteiger partial charge in [0.2, 0.25) is 5.82 Å². The van der Waals surface area contributed by atoms with Crippen molar-refractivity contribution in [3.05, 3.63) is 119 Å². The van der Waals surface area contributed by atoms with E-state index in [0.717, 1.165) is 16.3 Å². The molecule has 4 aromatic carbocycles. The maximum absolute atomic E-state index is 14.5. The Labute approximate surface area is 244 Å². The molecule has 5 nitrogen and oxygen atoms in total. The number of nitrogens with zero attached hydrogens (tertiary/aromatic N) is 2. The Kier molecular flexibility index (Phi) is 8.29. The fourth-order valence-corrected chi connectivity index (χ4v) is 4.85. The number of anilines is 1. The molecule has 1 amide bonds. The Morgan fingerprint density at radius 3 is 2.26 bits per heavy atom. The van der Waals surface area contributed by atoms with E-state index in [-0.39, 0.29) is 22.9 Å². The van der Waals surface area contributed by atoms with E-state index in [1.165, 1.54) is 13.0 Å². The zero-order chi connectivity index (χ0) is 30.8. The van der Waals surface area contributed by atoms with Crippen LogP contribution in [0.15, 0.2) is 77.9 Å². The maximum atomic E-state index is 14.5. The summed E-state index contributed by atoms with van der Waals surface area (Å²) in [5.74, 6) is -11.2. The highest BCUT2D eigenvalue weighted by molar-refractivity contribution is 6.32. The monoisotopic (exact) mass is 592 g/mol. The van der Waals surface area contributed by atoms with E-state index < -0.39 is 40.7 Å². The summed E-state index contributed by atoms with van der Waals surface area (Å²) in [4.78, 5) is 13.2. The van der Waals surface area contributed by atoms with Crippen molar-refractivity contribution in [2.24, 2.45) is 5.10 Å². The van der Waals surface area contributed by atoms with Gasteiger partial charge in [-0.1, -0.05) is 48.5 Å². The molecule has 220 valence electrons. The van der Waals surface area contributed by atoms with Gasteiger partial charge in [0.15, 0.2) is 34.8 Å². The summed E-state index contributed by atoms with van der Waals surface area (Å²) in [6.07, 6.45) is 3.45. The molecule has 0 aromatic heterocycles. The number of halogens is 5. The van der Waals surface area contributed by atoms with Gasteiger partial charge in [0, 0.05) is 5.56 Å². The van der Waals surface area contributed by atoms with Crippen LogP contribution in [0.25, 0.3) is 16.8 Å². The number of carbonyl (C=O) groups is 1. The minimum atomic E-state index is -2.33. The maximum Gasteiger partial charge on any atom is 0.280 e. The first-order valence-corrected chi connectivity index (χ1v) is 13.3. The highest BCUT2D eigenvalue weighted by Gasteiger charge is 2.37. The molecule has 0 saturated carbocycles. The van der Waals surface area contributed by atoms with Crippen molar-refractivity contribution in [2.75, 3.05) is 11.6 Å². The van der Waals surface area contributed by atoms with Crippen LogP contribution in [-0.2, 0) is 17.8 Å². The second-order valence-electron chi connectivity index (χ2n) is 9.64. The minimum absolute atomic E-state index is 0.00783. The summed E-state index contributed by atoms with van der Waals surface area (Å²) in [7, 11) is 0. The van der Waals surface area contributed by atoms with E-state index in [1.807, 2.05) is 42.5 Å². The quantitative estimate of drug-likeness (QED) is 0.0650. The molecule has 0 atom stereocenters. The van der Waals surface area contributed by atoms with Gasteiger partial charge in [0.05, 0.1) is 17.9 Å². The average molecular weight is 593 g/mol. The Morgan fingerprint density at radius 2 is 1.56 bits per heavy atom. The molecular weight excluding hydrogens is 567 g/mol. The third kappa shape index (κ3) is 5.48. The minimum Gasteiger partial charge on any atom is -0.490 e. The summed E-state index contributed by atoms with van der Waals surface area (Å²) in [6.45, 7) is 7.54. The molecule has 0 radical (unpaired) electrons. The van der Waals surface area contributed by atoms with Gasteiger partial charge in [-0.05, 0) is 60.4 Å². The van der Waals surface area contributed by atoms with E-state index in [4.69, 9.17) is 9.47 Å². The number of carbonyl (C=O) groups excluding carboxylic acids is 1. The number of benzene rings is 4. The number of ether oxygens (including phenoxy) is 2.